The molecule has 0 unspecified atom stereocenters. The summed E-state index contributed by atoms with van der Waals surface area (Å²) in [5.41, 5.74) is 0. The minimum Gasteiger partial charge on any atom is -0.489 e. The first kappa shape index (κ1) is 9.52. The monoisotopic (exact) mass is 229 g/mol. The van der Waals surface area contributed by atoms with Gasteiger partial charge < -0.3 is 4.74 Å². The molecule has 3 heteroatoms. The van der Waals surface area contributed by atoms with E-state index in [1.54, 1.807) is 6.20 Å². The number of nitrogens with zero attached hydrogens (tertiary/aromatic N) is 1. The van der Waals surface area contributed by atoms with E-state index in [2.05, 4.69) is 27.8 Å². The molecule has 0 saturated heterocycles. The van der Waals surface area contributed by atoms with Crippen molar-refractivity contribution in [2.45, 2.75) is 26.4 Å². The molecular formula is C9H12BrNO. The summed E-state index contributed by atoms with van der Waals surface area (Å²) in [5, 5.41) is 0. The Balaban J connectivity index is 2.58. The van der Waals surface area contributed by atoms with Gasteiger partial charge in [-0.05, 0) is 41.4 Å². The molecule has 0 fully saturated rings. The molecule has 1 aromatic heterocycles. The molecule has 0 aromatic carbocycles. The molecule has 0 saturated carbocycles. The van der Waals surface area contributed by atoms with Crippen molar-refractivity contribution in [3.05, 3.63) is 22.9 Å². The Labute approximate surface area is 81.1 Å². The lowest BCUT2D eigenvalue weighted by molar-refractivity contribution is 0.216. The molecule has 1 atom stereocenters. The Hall–Kier alpha value is -0.570. The predicted molar refractivity (Wildman–Crippen MR) is 52.3 cm³/mol. The maximum Gasteiger partial charge on any atom is 0.138 e. The van der Waals surface area contributed by atoms with Crippen LogP contribution in [0.1, 0.15) is 20.3 Å². The van der Waals surface area contributed by atoms with Crippen LogP contribution >= 0.6 is 15.9 Å². The van der Waals surface area contributed by atoms with Crippen LogP contribution < -0.4 is 4.74 Å². The number of rotatable bonds is 3. The van der Waals surface area contributed by atoms with E-state index in [0.717, 1.165) is 16.8 Å². The fourth-order valence-electron chi connectivity index (χ4n) is 0.748. The normalized spacial score (nSPS) is 12.6. The molecule has 0 bridgehead atoms. The van der Waals surface area contributed by atoms with Gasteiger partial charge in [0, 0.05) is 0 Å². The highest BCUT2D eigenvalue weighted by Crippen LogP contribution is 2.14. The summed E-state index contributed by atoms with van der Waals surface area (Å²) in [6.45, 7) is 4.14. The van der Waals surface area contributed by atoms with E-state index in [1.807, 2.05) is 19.1 Å². The Morgan fingerprint density at radius 3 is 2.83 bits per heavy atom. The quantitative estimate of drug-likeness (QED) is 0.744. The highest BCUT2D eigenvalue weighted by molar-refractivity contribution is 9.10. The average molecular weight is 230 g/mol. The number of aromatic nitrogens is 1. The Morgan fingerprint density at radius 1 is 1.58 bits per heavy atom. The van der Waals surface area contributed by atoms with Crippen LogP contribution in [0.4, 0.5) is 0 Å². The lowest BCUT2D eigenvalue weighted by atomic mass is 10.3. The number of hydrogen-bond donors (Lipinski definition) is 0. The van der Waals surface area contributed by atoms with Crippen molar-refractivity contribution < 1.29 is 4.74 Å². The van der Waals surface area contributed by atoms with E-state index in [0.29, 0.717) is 0 Å². The van der Waals surface area contributed by atoms with E-state index < -0.39 is 0 Å². The molecule has 0 radical (unpaired) electrons. The largest absolute Gasteiger partial charge is 0.489 e. The Kier molecular flexibility index (Phi) is 3.53. The SMILES string of the molecule is CC[C@H](C)Oc1ccc(Br)nc1. The van der Waals surface area contributed by atoms with Crippen LogP contribution in [0, 0.1) is 0 Å². The molecule has 66 valence electrons. The van der Waals surface area contributed by atoms with E-state index in [-0.39, 0.29) is 6.10 Å². The fraction of sp³-hybridized carbons (Fsp3) is 0.444. The van der Waals surface area contributed by atoms with E-state index in [9.17, 15) is 0 Å². The first-order valence-corrected chi connectivity index (χ1v) is 4.80. The lowest BCUT2D eigenvalue weighted by Crippen LogP contribution is -2.09. The van der Waals surface area contributed by atoms with Gasteiger partial charge in [-0.1, -0.05) is 6.92 Å². The smallest absolute Gasteiger partial charge is 0.138 e. The average Bonchev–Trinajstić information content (AvgIpc) is 2.09. The maximum atomic E-state index is 5.54. The van der Waals surface area contributed by atoms with E-state index >= 15 is 0 Å². The summed E-state index contributed by atoms with van der Waals surface area (Å²) in [7, 11) is 0. The van der Waals surface area contributed by atoms with Gasteiger partial charge in [-0.3, -0.25) is 0 Å². The maximum absolute atomic E-state index is 5.54. The molecule has 0 aliphatic carbocycles. The third-order valence-electron chi connectivity index (χ3n) is 1.61. The van der Waals surface area contributed by atoms with Crippen LogP contribution in [0.15, 0.2) is 22.9 Å². The van der Waals surface area contributed by atoms with Crippen LogP contribution in [0.2, 0.25) is 0 Å². The van der Waals surface area contributed by atoms with Gasteiger partial charge in [0.1, 0.15) is 10.4 Å². The summed E-state index contributed by atoms with van der Waals surface area (Å²) >= 11 is 3.26. The van der Waals surface area contributed by atoms with Gasteiger partial charge in [0.15, 0.2) is 0 Å². The summed E-state index contributed by atoms with van der Waals surface area (Å²) in [6.07, 6.45) is 2.99. The molecule has 0 N–H and O–H groups in total. The molecule has 0 amide bonds. The lowest BCUT2D eigenvalue weighted by Gasteiger charge is -2.11. The van der Waals surface area contributed by atoms with Crippen molar-refractivity contribution in [3.63, 3.8) is 0 Å². The van der Waals surface area contributed by atoms with Gasteiger partial charge in [-0.15, -0.1) is 0 Å². The molecule has 1 aromatic rings. The third-order valence-corrected chi connectivity index (χ3v) is 2.08. The predicted octanol–water partition coefficient (Wildman–Crippen LogP) is 3.02. The highest BCUT2D eigenvalue weighted by Gasteiger charge is 2.00. The van der Waals surface area contributed by atoms with Crippen molar-refractivity contribution in [1.29, 1.82) is 0 Å². The number of hydrogen-bond acceptors (Lipinski definition) is 2. The minimum atomic E-state index is 0.257. The van der Waals surface area contributed by atoms with Crippen molar-refractivity contribution in [1.82, 2.24) is 4.98 Å². The first-order valence-electron chi connectivity index (χ1n) is 4.00. The molecule has 1 heterocycles. The summed E-state index contributed by atoms with van der Waals surface area (Å²) in [4.78, 5) is 4.06. The summed E-state index contributed by atoms with van der Waals surface area (Å²) in [5.74, 6) is 0.826. The van der Waals surface area contributed by atoms with Crippen LogP contribution in [-0.4, -0.2) is 11.1 Å². The second kappa shape index (κ2) is 4.45. The van der Waals surface area contributed by atoms with Gasteiger partial charge in [-0.25, -0.2) is 4.98 Å². The number of ether oxygens (including phenoxy) is 1. The van der Waals surface area contributed by atoms with Gasteiger partial charge in [0.25, 0.3) is 0 Å². The number of pyridine rings is 1. The second-order valence-electron chi connectivity index (χ2n) is 2.65. The molecule has 0 spiro atoms. The Morgan fingerprint density at radius 2 is 2.33 bits per heavy atom. The molecule has 0 aliphatic heterocycles. The molecule has 12 heavy (non-hydrogen) atoms. The molecule has 2 nitrogen and oxygen atoms in total. The second-order valence-corrected chi connectivity index (χ2v) is 3.47. The molecule has 0 aliphatic rings. The van der Waals surface area contributed by atoms with Gasteiger partial charge in [0.05, 0.1) is 12.3 Å². The minimum absolute atomic E-state index is 0.257. The molecular weight excluding hydrogens is 218 g/mol. The van der Waals surface area contributed by atoms with Crippen molar-refractivity contribution >= 4 is 15.9 Å². The fourth-order valence-corrected chi connectivity index (χ4v) is 0.982. The topological polar surface area (TPSA) is 22.1 Å². The zero-order valence-electron chi connectivity index (χ0n) is 7.25. The van der Waals surface area contributed by atoms with Gasteiger partial charge in [0.2, 0.25) is 0 Å². The Bertz CT molecular complexity index is 235. The van der Waals surface area contributed by atoms with Gasteiger partial charge in [-0.2, -0.15) is 0 Å². The molecule has 1 rings (SSSR count). The van der Waals surface area contributed by atoms with Crippen LogP contribution in [0.5, 0.6) is 5.75 Å². The van der Waals surface area contributed by atoms with Crippen LogP contribution in [0.25, 0.3) is 0 Å². The van der Waals surface area contributed by atoms with Gasteiger partial charge >= 0.3 is 0 Å². The summed E-state index contributed by atoms with van der Waals surface area (Å²) in [6, 6.07) is 3.78. The highest BCUT2D eigenvalue weighted by atomic mass is 79.9. The van der Waals surface area contributed by atoms with Crippen LogP contribution in [0.3, 0.4) is 0 Å². The van der Waals surface area contributed by atoms with Crippen molar-refractivity contribution in [2.75, 3.05) is 0 Å². The number of halogens is 1. The standard InChI is InChI=1S/C9H12BrNO/c1-3-7(2)12-8-4-5-9(10)11-6-8/h4-7H,3H2,1-2H3/t7-/m0/s1. The van der Waals surface area contributed by atoms with E-state index in [4.69, 9.17) is 4.74 Å². The summed E-state index contributed by atoms with van der Waals surface area (Å²) < 4.78 is 6.37. The van der Waals surface area contributed by atoms with Crippen molar-refractivity contribution in [2.24, 2.45) is 0 Å². The zero-order chi connectivity index (χ0) is 8.97. The van der Waals surface area contributed by atoms with Crippen LogP contribution in [-0.2, 0) is 0 Å². The zero-order valence-corrected chi connectivity index (χ0v) is 8.84. The first-order chi connectivity index (χ1) is 5.72. The van der Waals surface area contributed by atoms with E-state index in [1.165, 1.54) is 0 Å². The van der Waals surface area contributed by atoms with Crippen molar-refractivity contribution in [3.8, 4) is 5.75 Å². The third kappa shape index (κ3) is 2.81.